The van der Waals surface area contributed by atoms with Gasteiger partial charge in [-0.3, -0.25) is 0 Å². The van der Waals surface area contributed by atoms with Crippen LogP contribution >= 0.6 is 0 Å². The number of fused-ring (bicyclic) bond motifs is 3. The van der Waals surface area contributed by atoms with Crippen molar-refractivity contribution in [3.8, 4) is 0 Å². The predicted octanol–water partition coefficient (Wildman–Crippen LogP) is 2.15. The van der Waals surface area contributed by atoms with Crippen molar-refractivity contribution >= 4 is 6.08 Å². The Labute approximate surface area is 65.3 Å². The topological polar surface area (TPSA) is 12.5 Å². The van der Waals surface area contributed by atoms with Gasteiger partial charge in [-0.15, -0.1) is 0 Å². The summed E-state index contributed by atoms with van der Waals surface area (Å²) in [6.07, 6.45) is 5.03. The third-order valence-corrected chi connectivity index (χ3v) is 2.29. The molecule has 0 radical (unpaired) electrons. The number of benzene rings is 1. The standard InChI is InChI=1S/C10H8O/c1-2-4-8-7(3-1)5-6-9-10(8)11-9/h1-6,9-10H/t9-,10+/m1/s1. The largest absolute Gasteiger partial charge is 0.360 e. The van der Waals surface area contributed by atoms with E-state index < -0.39 is 0 Å². The van der Waals surface area contributed by atoms with Crippen LogP contribution in [0.5, 0.6) is 0 Å². The van der Waals surface area contributed by atoms with E-state index in [0.717, 1.165) is 0 Å². The Bertz CT molecular complexity index is 327. The van der Waals surface area contributed by atoms with Gasteiger partial charge < -0.3 is 4.74 Å². The first-order valence-corrected chi connectivity index (χ1v) is 3.88. The lowest BCUT2D eigenvalue weighted by molar-refractivity contribution is 0.395. The van der Waals surface area contributed by atoms with Crippen molar-refractivity contribution < 1.29 is 4.74 Å². The Morgan fingerprint density at radius 1 is 1.18 bits per heavy atom. The van der Waals surface area contributed by atoms with Gasteiger partial charge >= 0.3 is 0 Å². The van der Waals surface area contributed by atoms with Gasteiger partial charge in [0.25, 0.3) is 0 Å². The van der Waals surface area contributed by atoms with Crippen LogP contribution in [0.25, 0.3) is 6.08 Å². The highest BCUT2D eigenvalue weighted by Gasteiger charge is 2.40. The van der Waals surface area contributed by atoms with Gasteiger partial charge in [0.2, 0.25) is 0 Å². The molecule has 1 heteroatoms. The fourth-order valence-corrected chi connectivity index (χ4v) is 1.64. The van der Waals surface area contributed by atoms with Crippen LogP contribution in [0.15, 0.2) is 30.3 Å². The van der Waals surface area contributed by atoms with Crippen molar-refractivity contribution in [3.05, 3.63) is 41.5 Å². The van der Waals surface area contributed by atoms with Crippen molar-refractivity contribution in [2.75, 3.05) is 0 Å². The van der Waals surface area contributed by atoms with Crippen LogP contribution in [-0.4, -0.2) is 6.10 Å². The zero-order valence-corrected chi connectivity index (χ0v) is 6.03. The minimum absolute atomic E-state index is 0.371. The Morgan fingerprint density at radius 2 is 2.09 bits per heavy atom. The molecule has 54 valence electrons. The van der Waals surface area contributed by atoms with E-state index in [2.05, 4.69) is 36.4 Å². The van der Waals surface area contributed by atoms with Gasteiger partial charge in [0.1, 0.15) is 12.2 Å². The summed E-state index contributed by atoms with van der Waals surface area (Å²) in [6.45, 7) is 0. The molecule has 1 heterocycles. The Morgan fingerprint density at radius 3 is 3.09 bits per heavy atom. The lowest BCUT2D eigenvalue weighted by atomic mass is 9.98. The predicted molar refractivity (Wildman–Crippen MR) is 43.1 cm³/mol. The summed E-state index contributed by atoms with van der Waals surface area (Å²) in [5.41, 5.74) is 2.66. The van der Waals surface area contributed by atoms with Gasteiger partial charge in [-0.2, -0.15) is 0 Å². The van der Waals surface area contributed by atoms with Crippen LogP contribution in [0.2, 0.25) is 0 Å². The highest BCUT2D eigenvalue weighted by Crippen LogP contribution is 2.44. The van der Waals surface area contributed by atoms with Crippen LogP contribution in [-0.2, 0) is 4.74 Å². The molecule has 0 aromatic heterocycles. The second-order valence-electron chi connectivity index (χ2n) is 3.01. The molecule has 1 fully saturated rings. The zero-order chi connectivity index (χ0) is 7.26. The lowest BCUT2D eigenvalue weighted by Gasteiger charge is -2.04. The molecule has 0 saturated carbocycles. The molecule has 0 spiro atoms. The summed E-state index contributed by atoms with van der Waals surface area (Å²) < 4.78 is 5.42. The van der Waals surface area contributed by atoms with E-state index in [-0.39, 0.29) is 0 Å². The van der Waals surface area contributed by atoms with E-state index in [1.165, 1.54) is 11.1 Å². The molecule has 1 aromatic rings. The Balaban J connectivity index is 2.24. The van der Waals surface area contributed by atoms with E-state index in [9.17, 15) is 0 Å². The van der Waals surface area contributed by atoms with Crippen molar-refractivity contribution in [2.45, 2.75) is 12.2 Å². The van der Waals surface area contributed by atoms with Gasteiger partial charge in [0.15, 0.2) is 0 Å². The van der Waals surface area contributed by atoms with Crippen LogP contribution in [0, 0.1) is 0 Å². The molecule has 0 N–H and O–H groups in total. The summed E-state index contributed by atoms with van der Waals surface area (Å²) >= 11 is 0. The molecule has 1 aromatic carbocycles. The van der Waals surface area contributed by atoms with Crippen LogP contribution in [0.4, 0.5) is 0 Å². The lowest BCUT2D eigenvalue weighted by Crippen LogP contribution is -1.93. The number of epoxide rings is 1. The second-order valence-corrected chi connectivity index (χ2v) is 3.01. The van der Waals surface area contributed by atoms with E-state index >= 15 is 0 Å². The molecule has 1 saturated heterocycles. The molecular weight excluding hydrogens is 136 g/mol. The van der Waals surface area contributed by atoms with Crippen LogP contribution in [0.3, 0.4) is 0 Å². The SMILES string of the molecule is C1=C[C@H]2O[C@H]2c2ccccc21. The first-order chi connectivity index (χ1) is 5.45. The summed E-state index contributed by atoms with van der Waals surface area (Å²) in [5.74, 6) is 0. The van der Waals surface area contributed by atoms with E-state index in [1.54, 1.807) is 0 Å². The molecule has 2 aliphatic rings. The summed E-state index contributed by atoms with van der Waals surface area (Å²) in [7, 11) is 0. The minimum atomic E-state index is 0.371. The van der Waals surface area contributed by atoms with E-state index in [0.29, 0.717) is 12.2 Å². The summed E-state index contributed by atoms with van der Waals surface area (Å²) in [5, 5.41) is 0. The smallest absolute Gasteiger partial charge is 0.114 e. The highest BCUT2D eigenvalue weighted by atomic mass is 16.6. The summed E-state index contributed by atoms with van der Waals surface area (Å²) in [6, 6.07) is 8.40. The first-order valence-electron chi connectivity index (χ1n) is 3.88. The maximum atomic E-state index is 5.42. The van der Waals surface area contributed by atoms with Gasteiger partial charge in [-0.25, -0.2) is 0 Å². The van der Waals surface area contributed by atoms with Gasteiger partial charge in [0, 0.05) is 0 Å². The Hall–Kier alpha value is -1.08. The Kier molecular flexibility index (Phi) is 0.880. The van der Waals surface area contributed by atoms with Crippen LogP contribution < -0.4 is 0 Å². The number of hydrogen-bond acceptors (Lipinski definition) is 1. The average Bonchev–Trinajstić information content (AvgIpc) is 2.83. The molecule has 1 aliphatic carbocycles. The molecule has 0 unspecified atom stereocenters. The number of ether oxygens (including phenoxy) is 1. The van der Waals surface area contributed by atoms with Gasteiger partial charge in [-0.05, 0) is 11.1 Å². The maximum Gasteiger partial charge on any atom is 0.114 e. The molecule has 3 rings (SSSR count). The zero-order valence-electron chi connectivity index (χ0n) is 6.03. The summed E-state index contributed by atoms with van der Waals surface area (Å²) in [4.78, 5) is 0. The first kappa shape index (κ1) is 5.56. The molecule has 1 nitrogen and oxygen atoms in total. The van der Waals surface area contributed by atoms with Crippen molar-refractivity contribution in [2.24, 2.45) is 0 Å². The highest BCUT2D eigenvalue weighted by molar-refractivity contribution is 5.60. The monoisotopic (exact) mass is 144 g/mol. The number of rotatable bonds is 0. The fourth-order valence-electron chi connectivity index (χ4n) is 1.64. The third kappa shape index (κ3) is 0.688. The third-order valence-electron chi connectivity index (χ3n) is 2.29. The maximum absolute atomic E-state index is 5.42. The molecule has 0 amide bonds. The fraction of sp³-hybridized carbons (Fsp3) is 0.200. The minimum Gasteiger partial charge on any atom is -0.360 e. The van der Waals surface area contributed by atoms with Crippen LogP contribution in [0.1, 0.15) is 17.2 Å². The molecule has 2 atom stereocenters. The molecular formula is C10H8O. The van der Waals surface area contributed by atoms with Gasteiger partial charge in [-0.1, -0.05) is 36.4 Å². The van der Waals surface area contributed by atoms with E-state index in [1.807, 2.05) is 0 Å². The average molecular weight is 144 g/mol. The molecule has 11 heavy (non-hydrogen) atoms. The number of hydrogen-bond donors (Lipinski definition) is 0. The molecule has 1 aliphatic heterocycles. The second kappa shape index (κ2) is 1.74. The normalized spacial score (nSPS) is 30.9. The van der Waals surface area contributed by atoms with Crippen molar-refractivity contribution in [3.63, 3.8) is 0 Å². The van der Waals surface area contributed by atoms with Gasteiger partial charge in [0.05, 0.1) is 0 Å². The van der Waals surface area contributed by atoms with Crippen molar-refractivity contribution in [1.29, 1.82) is 0 Å². The van der Waals surface area contributed by atoms with Crippen molar-refractivity contribution in [1.82, 2.24) is 0 Å². The van der Waals surface area contributed by atoms with E-state index in [4.69, 9.17) is 4.74 Å². The quantitative estimate of drug-likeness (QED) is 0.508. The molecule has 0 bridgehead atoms.